The summed E-state index contributed by atoms with van der Waals surface area (Å²) in [6.45, 7) is 0.510. The van der Waals surface area contributed by atoms with E-state index in [-0.39, 0.29) is 0 Å². The first-order valence-electron chi connectivity index (χ1n) is 2.82. The third kappa shape index (κ3) is 0.985. The zero-order valence-corrected chi connectivity index (χ0v) is 5.28. The Balaban J connectivity index is 2.86. The van der Waals surface area contributed by atoms with E-state index >= 15 is 0 Å². The van der Waals surface area contributed by atoms with Crippen molar-refractivity contribution in [3.05, 3.63) is 23.9 Å². The van der Waals surface area contributed by atoms with Crippen molar-refractivity contribution in [2.45, 2.75) is 0 Å². The van der Waals surface area contributed by atoms with Crippen LogP contribution in [0.2, 0.25) is 0 Å². The van der Waals surface area contributed by atoms with Crippen LogP contribution in [-0.4, -0.2) is 11.4 Å². The summed E-state index contributed by atoms with van der Waals surface area (Å²) in [4.78, 5) is 1.33. The van der Waals surface area contributed by atoms with Crippen LogP contribution in [0.3, 0.4) is 0 Å². The molecule has 48 valence electrons. The first-order chi connectivity index (χ1) is 4.88. The quantitative estimate of drug-likeness (QED) is 0.456. The van der Waals surface area contributed by atoms with Crippen LogP contribution in [0.15, 0.2) is 23.9 Å². The highest BCUT2D eigenvalue weighted by Gasteiger charge is 2.07. The predicted molar refractivity (Wildman–Crippen MR) is 35.2 cm³/mol. The summed E-state index contributed by atoms with van der Waals surface area (Å²) in [6.07, 6.45) is 7.11. The van der Waals surface area contributed by atoms with Crippen LogP contribution in [0, 0.1) is 22.8 Å². The van der Waals surface area contributed by atoms with Crippen LogP contribution in [0.1, 0.15) is 0 Å². The summed E-state index contributed by atoms with van der Waals surface area (Å²) in [6, 6.07) is 1.92. The molecule has 3 nitrogen and oxygen atoms in total. The molecule has 0 aromatic rings. The van der Waals surface area contributed by atoms with Crippen molar-refractivity contribution >= 4 is 0 Å². The van der Waals surface area contributed by atoms with Gasteiger partial charge in [0.2, 0.25) is 0 Å². The van der Waals surface area contributed by atoms with Crippen molar-refractivity contribution in [2.24, 2.45) is 0 Å². The Bertz CT molecular complexity index is 262. The number of nitrogens with zero attached hydrogens (tertiary/aromatic N) is 3. The van der Waals surface area contributed by atoms with Gasteiger partial charge in [-0.3, -0.25) is 4.90 Å². The molecule has 0 aromatic heterocycles. The second kappa shape index (κ2) is 2.70. The van der Waals surface area contributed by atoms with Gasteiger partial charge >= 0.3 is 0 Å². The fraction of sp³-hybridized carbons (Fsp3) is 0.143. The minimum absolute atomic E-state index is 0.407. The van der Waals surface area contributed by atoms with Gasteiger partial charge in [-0.15, -0.1) is 0 Å². The van der Waals surface area contributed by atoms with Crippen LogP contribution < -0.4 is 0 Å². The van der Waals surface area contributed by atoms with E-state index in [0.717, 1.165) is 0 Å². The van der Waals surface area contributed by atoms with Gasteiger partial charge in [-0.25, -0.2) is 0 Å². The van der Waals surface area contributed by atoms with E-state index in [2.05, 4.69) is 0 Å². The van der Waals surface area contributed by atoms with Gasteiger partial charge in [0.25, 0.3) is 0 Å². The highest BCUT2D eigenvalue weighted by Crippen LogP contribution is 2.05. The molecule has 0 bridgehead atoms. The van der Waals surface area contributed by atoms with E-state index in [4.69, 9.17) is 10.5 Å². The molecule has 1 aliphatic heterocycles. The molecule has 0 aromatic carbocycles. The minimum atomic E-state index is 0.407. The smallest absolute Gasteiger partial charge is 0.185 e. The summed E-state index contributed by atoms with van der Waals surface area (Å²) in [5, 5.41) is 16.9. The average molecular weight is 131 g/mol. The van der Waals surface area contributed by atoms with Crippen LogP contribution >= 0.6 is 0 Å². The molecule has 3 heteroatoms. The number of nitriles is 2. The molecule has 0 saturated heterocycles. The number of hydrogen-bond donors (Lipinski definition) is 0. The van der Waals surface area contributed by atoms with E-state index in [0.29, 0.717) is 12.2 Å². The maximum absolute atomic E-state index is 8.45. The Kier molecular flexibility index (Phi) is 1.72. The van der Waals surface area contributed by atoms with Gasteiger partial charge in [0.1, 0.15) is 11.8 Å². The Hall–Kier alpha value is -1.74. The van der Waals surface area contributed by atoms with Gasteiger partial charge in [0, 0.05) is 0 Å². The lowest BCUT2D eigenvalue weighted by atomic mass is 10.3. The molecule has 0 saturated carbocycles. The highest BCUT2D eigenvalue weighted by molar-refractivity contribution is 5.30. The average Bonchev–Trinajstić information content (AvgIpc) is 2.04. The lowest BCUT2D eigenvalue weighted by Crippen LogP contribution is -2.17. The lowest BCUT2D eigenvalue weighted by molar-refractivity contribution is 0.550. The Morgan fingerprint density at radius 2 is 2.30 bits per heavy atom. The largest absolute Gasteiger partial charge is 0.266 e. The highest BCUT2D eigenvalue weighted by atomic mass is 15.1. The third-order valence-corrected chi connectivity index (χ3v) is 1.20. The normalized spacial score (nSPS) is 15.4. The SMILES string of the molecule is N#CC1=CC=CCN1C#N. The third-order valence-electron chi connectivity index (χ3n) is 1.20. The van der Waals surface area contributed by atoms with Crippen molar-refractivity contribution < 1.29 is 0 Å². The van der Waals surface area contributed by atoms with Crippen molar-refractivity contribution in [2.75, 3.05) is 6.54 Å². The molecule has 0 amide bonds. The van der Waals surface area contributed by atoms with Crippen LogP contribution in [0.25, 0.3) is 0 Å². The van der Waals surface area contributed by atoms with Gasteiger partial charge in [-0.1, -0.05) is 12.2 Å². The second-order valence-electron chi connectivity index (χ2n) is 1.80. The van der Waals surface area contributed by atoms with Crippen molar-refractivity contribution in [1.82, 2.24) is 4.90 Å². The number of hydrogen-bond acceptors (Lipinski definition) is 3. The molecule has 1 rings (SSSR count). The zero-order valence-electron chi connectivity index (χ0n) is 5.28. The molecule has 0 aliphatic carbocycles. The summed E-state index contributed by atoms with van der Waals surface area (Å²) in [7, 11) is 0. The van der Waals surface area contributed by atoms with Gasteiger partial charge < -0.3 is 0 Å². The fourth-order valence-electron chi connectivity index (χ4n) is 0.706. The Morgan fingerprint density at radius 3 is 2.80 bits per heavy atom. The number of allylic oxidation sites excluding steroid dienone is 3. The second-order valence-corrected chi connectivity index (χ2v) is 1.80. The minimum Gasteiger partial charge on any atom is -0.266 e. The molecule has 0 spiro atoms. The summed E-state index contributed by atoms with van der Waals surface area (Å²) in [5.41, 5.74) is 0.407. The fourth-order valence-corrected chi connectivity index (χ4v) is 0.706. The zero-order chi connectivity index (χ0) is 7.40. The van der Waals surface area contributed by atoms with E-state index in [1.165, 1.54) is 4.90 Å². The first-order valence-corrected chi connectivity index (χ1v) is 2.82. The van der Waals surface area contributed by atoms with Gasteiger partial charge in [-0.2, -0.15) is 10.5 Å². The van der Waals surface area contributed by atoms with Gasteiger partial charge in [0.15, 0.2) is 6.19 Å². The van der Waals surface area contributed by atoms with E-state index in [1.54, 1.807) is 12.2 Å². The predicted octanol–water partition coefficient (Wildman–Crippen LogP) is 0.747. The van der Waals surface area contributed by atoms with E-state index in [9.17, 15) is 0 Å². The first kappa shape index (κ1) is 6.38. The van der Waals surface area contributed by atoms with Crippen LogP contribution in [-0.2, 0) is 0 Å². The molecule has 1 heterocycles. The van der Waals surface area contributed by atoms with Gasteiger partial charge in [0.05, 0.1) is 6.54 Å². The molecule has 0 radical (unpaired) electrons. The van der Waals surface area contributed by atoms with E-state index in [1.807, 2.05) is 18.3 Å². The number of rotatable bonds is 0. The van der Waals surface area contributed by atoms with Crippen LogP contribution in [0.5, 0.6) is 0 Å². The Morgan fingerprint density at radius 1 is 1.50 bits per heavy atom. The van der Waals surface area contributed by atoms with Crippen LogP contribution in [0.4, 0.5) is 0 Å². The summed E-state index contributed by atoms with van der Waals surface area (Å²) >= 11 is 0. The topological polar surface area (TPSA) is 50.8 Å². The summed E-state index contributed by atoms with van der Waals surface area (Å²) < 4.78 is 0. The maximum atomic E-state index is 8.45. The van der Waals surface area contributed by atoms with Crippen molar-refractivity contribution in [1.29, 1.82) is 10.5 Å². The van der Waals surface area contributed by atoms with E-state index < -0.39 is 0 Å². The lowest BCUT2D eigenvalue weighted by Gasteiger charge is -2.12. The molecule has 0 unspecified atom stereocenters. The molecule has 0 N–H and O–H groups in total. The molecule has 10 heavy (non-hydrogen) atoms. The summed E-state index contributed by atoms with van der Waals surface area (Å²) in [5.74, 6) is 0. The monoisotopic (exact) mass is 131 g/mol. The standard InChI is InChI=1S/C7H5N3/c8-5-7-3-1-2-4-10(7)6-9/h1-3H,4H2. The van der Waals surface area contributed by atoms with Gasteiger partial charge in [-0.05, 0) is 6.08 Å². The maximum Gasteiger partial charge on any atom is 0.185 e. The molecular formula is C7H5N3. The van der Waals surface area contributed by atoms with Crippen molar-refractivity contribution in [3.8, 4) is 12.3 Å². The molecule has 0 fully saturated rings. The Labute approximate surface area is 59.1 Å². The van der Waals surface area contributed by atoms with Crippen molar-refractivity contribution in [3.63, 3.8) is 0 Å². The molecule has 1 aliphatic rings. The molecule has 0 atom stereocenters. The molecular weight excluding hydrogens is 126 g/mol.